The summed E-state index contributed by atoms with van der Waals surface area (Å²) < 4.78 is 7.61. The van der Waals surface area contributed by atoms with Gasteiger partial charge in [0.25, 0.3) is 10.8 Å². The monoisotopic (exact) mass is 471 g/mol. The fraction of sp³-hybridized carbons (Fsp3) is 0.240. The minimum Gasteiger partial charge on any atom is -0.411 e. The Kier molecular flexibility index (Phi) is 5.26. The number of Topliss-reactive ketones (excluding diaryl/α,β-unsaturated/α-hetero) is 1. The first-order valence-corrected chi connectivity index (χ1v) is 12.3. The normalized spacial score (nSPS) is 13.8. The zero-order valence-electron chi connectivity index (χ0n) is 18.3. The molecule has 0 radical (unpaired) electrons. The third kappa shape index (κ3) is 3.71. The molecule has 0 saturated heterocycles. The number of nitrogens with one attached hydrogen (secondary N) is 1. The second kappa shape index (κ2) is 8.57. The highest BCUT2D eigenvalue weighted by Gasteiger charge is 2.17. The number of para-hydroxylation sites is 1. The molecule has 0 amide bonds. The predicted octanol–water partition coefficient (Wildman–Crippen LogP) is 4.63. The Morgan fingerprint density at radius 1 is 1.09 bits per heavy atom. The maximum atomic E-state index is 12.9. The highest BCUT2D eigenvalue weighted by atomic mass is 32.2. The van der Waals surface area contributed by atoms with E-state index in [0.29, 0.717) is 33.1 Å². The number of carbonyl (C=O) groups is 1. The van der Waals surface area contributed by atoms with Gasteiger partial charge in [-0.15, -0.1) is 10.2 Å². The van der Waals surface area contributed by atoms with Gasteiger partial charge in [-0.2, -0.15) is 0 Å². The summed E-state index contributed by atoms with van der Waals surface area (Å²) in [7, 11) is 0. The van der Waals surface area contributed by atoms with Gasteiger partial charge in [-0.25, -0.2) is 4.98 Å². The van der Waals surface area contributed by atoms with Crippen LogP contribution in [0, 0.1) is 0 Å². The standard InChI is InChI=1S/C25H21N5O3S/c31-21(18-13-26-19-7-4-3-6-16(18)19)14-34-25-29-28-23(33-25)15-9-10-17-20(12-15)27-22-8-2-1-5-11-30(22)24(17)32/h3-4,6-7,9-10,12-13,26H,1-2,5,8,11,14H2. The predicted molar refractivity (Wildman–Crippen MR) is 130 cm³/mol. The molecule has 0 saturated carbocycles. The van der Waals surface area contributed by atoms with Crippen molar-refractivity contribution in [3.8, 4) is 11.5 Å². The molecule has 0 atom stereocenters. The molecule has 0 spiro atoms. The lowest BCUT2D eigenvalue weighted by Crippen LogP contribution is -2.24. The molecule has 1 N–H and O–H groups in total. The molecule has 3 aromatic heterocycles. The quantitative estimate of drug-likeness (QED) is 0.294. The molecule has 6 rings (SSSR count). The minimum atomic E-state index is -0.0155. The first-order valence-electron chi connectivity index (χ1n) is 11.3. The van der Waals surface area contributed by atoms with Crippen molar-refractivity contribution >= 4 is 39.4 Å². The molecule has 5 aromatic rings. The Hall–Kier alpha value is -3.72. The van der Waals surface area contributed by atoms with Crippen molar-refractivity contribution in [2.45, 2.75) is 37.5 Å². The van der Waals surface area contributed by atoms with E-state index in [0.717, 1.165) is 49.0 Å². The smallest absolute Gasteiger partial charge is 0.277 e. The molecule has 34 heavy (non-hydrogen) atoms. The summed E-state index contributed by atoms with van der Waals surface area (Å²) in [5.74, 6) is 1.34. The summed E-state index contributed by atoms with van der Waals surface area (Å²) in [6.45, 7) is 0.723. The van der Waals surface area contributed by atoms with Crippen molar-refractivity contribution in [3.05, 3.63) is 70.4 Å². The summed E-state index contributed by atoms with van der Waals surface area (Å²) in [5.41, 5.74) is 2.91. The molecule has 8 nitrogen and oxygen atoms in total. The van der Waals surface area contributed by atoms with Crippen molar-refractivity contribution in [1.82, 2.24) is 24.7 Å². The van der Waals surface area contributed by atoms with E-state index in [1.54, 1.807) is 22.9 Å². The summed E-state index contributed by atoms with van der Waals surface area (Å²) in [6.07, 6.45) is 5.69. The first kappa shape index (κ1) is 20.9. The van der Waals surface area contributed by atoms with Gasteiger partial charge >= 0.3 is 0 Å². The van der Waals surface area contributed by atoms with Crippen molar-refractivity contribution in [3.63, 3.8) is 0 Å². The Labute approximate surface area is 198 Å². The van der Waals surface area contributed by atoms with Gasteiger partial charge in [-0.05, 0) is 37.1 Å². The lowest BCUT2D eigenvalue weighted by Gasteiger charge is -2.10. The number of thioether (sulfide) groups is 1. The van der Waals surface area contributed by atoms with Crippen molar-refractivity contribution < 1.29 is 9.21 Å². The van der Waals surface area contributed by atoms with E-state index in [9.17, 15) is 9.59 Å². The summed E-state index contributed by atoms with van der Waals surface area (Å²) in [4.78, 5) is 33.5. The van der Waals surface area contributed by atoms with E-state index in [4.69, 9.17) is 9.40 Å². The van der Waals surface area contributed by atoms with Crippen LogP contribution < -0.4 is 5.56 Å². The van der Waals surface area contributed by atoms with E-state index < -0.39 is 0 Å². The average Bonchev–Trinajstić information content (AvgIpc) is 3.44. The van der Waals surface area contributed by atoms with Crippen LogP contribution in [0.25, 0.3) is 33.3 Å². The largest absolute Gasteiger partial charge is 0.411 e. The second-order valence-corrected chi connectivity index (χ2v) is 9.29. The van der Waals surface area contributed by atoms with E-state index >= 15 is 0 Å². The number of rotatable bonds is 5. The van der Waals surface area contributed by atoms with Gasteiger partial charge in [0.2, 0.25) is 5.89 Å². The third-order valence-electron chi connectivity index (χ3n) is 6.19. The molecular weight excluding hydrogens is 450 g/mol. The number of hydrogen-bond donors (Lipinski definition) is 1. The summed E-state index contributed by atoms with van der Waals surface area (Å²) in [6, 6.07) is 13.1. The molecule has 1 aliphatic heterocycles. The van der Waals surface area contributed by atoms with Crippen LogP contribution in [0.5, 0.6) is 0 Å². The third-order valence-corrected chi connectivity index (χ3v) is 7.00. The molecule has 0 aliphatic carbocycles. The maximum absolute atomic E-state index is 12.9. The topological polar surface area (TPSA) is 107 Å². The first-order chi connectivity index (χ1) is 16.7. The number of benzene rings is 2. The maximum Gasteiger partial charge on any atom is 0.277 e. The molecule has 0 bridgehead atoms. The molecule has 170 valence electrons. The van der Waals surface area contributed by atoms with Gasteiger partial charge in [0, 0.05) is 41.2 Å². The fourth-order valence-corrected chi connectivity index (χ4v) is 5.09. The van der Waals surface area contributed by atoms with Gasteiger partial charge in [-0.3, -0.25) is 14.2 Å². The molecule has 1 aliphatic rings. The van der Waals surface area contributed by atoms with E-state index in [2.05, 4.69) is 15.2 Å². The number of aromatic nitrogens is 5. The number of nitrogens with zero attached hydrogens (tertiary/aromatic N) is 4. The number of aryl methyl sites for hydroxylation is 1. The van der Waals surface area contributed by atoms with Crippen molar-refractivity contribution in [1.29, 1.82) is 0 Å². The van der Waals surface area contributed by atoms with Crippen LogP contribution >= 0.6 is 11.8 Å². The van der Waals surface area contributed by atoms with Crippen LogP contribution in [-0.4, -0.2) is 36.3 Å². The van der Waals surface area contributed by atoms with Crippen LogP contribution in [0.15, 0.2) is 63.1 Å². The van der Waals surface area contributed by atoms with Gasteiger partial charge in [0.1, 0.15) is 5.82 Å². The highest BCUT2D eigenvalue weighted by molar-refractivity contribution is 7.99. The van der Waals surface area contributed by atoms with Crippen molar-refractivity contribution in [2.24, 2.45) is 0 Å². The number of hydrogen-bond acceptors (Lipinski definition) is 7. The Morgan fingerprint density at radius 3 is 2.94 bits per heavy atom. The van der Waals surface area contributed by atoms with Crippen LogP contribution in [0.4, 0.5) is 0 Å². The SMILES string of the molecule is O=C(CSc1nnc(-c2ccc3c(=O)n4c(nc3c2)CCCCC4)o1)c1c[nH]c2ccccc12. The Balaban J connectivity index is 1.23. The van der Waals surface area contributed by atoms with Crippen LogP contribution in [-0.2, 0) is 13.0 Å². The van der Waals surface area contributed by atoms with Gasteiger partial charge in [-0.1, -0.05) is 36.4 Å². The number of H-pyrrole nitrogens is 1. The fourth-order valence-electron chi connectivity index (χ4n) is 4.44. The highest BCUT2D eigenvalue weighted by Crippen LogP contribution is 2.27. The lowest BCUT2D eigenvalue weighted by molar-refractivity contribution is 0.102. The van der Waals surface area contributed by atoms with Crippen LogP contribution in [0.1, 0.15) is 35.4 Å². The van der Waals surface area contributed by atoms with Crippen LogP contribution in [0.3, 0.4) is 0 Å². The summed E-state index contributed by atoms with van der Waals surface area (Å²) in [5, 5.41) is 10.0. The van der Waals surface area contributed by atoms with E-state index in [1.807, 2.05) is 30.3 Å². The molecule has 0 unspecified atom stereocenters. The van der Waals surface area contributed by atoms with Crippen molar-refractivity contribution in [2.75, 3.05) is 5.75 Å². The van der Waals surface area contributed by atoms with Gasteiger partial charge in [0.05, 0.1) is 16.7 Å². The minimum absolute atomic E-state index is 0.00557. The summed E-state index contributed by atoms with van der Waals surface area (Å²) >= 11 is 1.21. The number of aromatic amines is 1. The van der Waals surface area contributed by atoms with Crippen LogP contribution in [0.2, 0.25) is 0 Å². The van der Waals surface area contributed by atoms with Gasteiger partial charge in [0.15, 0.2) is 5.78 Å². The number of fused-ring (bicyclic) bond motifs is 3. The van der Waals surface area contributed by atoms with E-state index in [1.165, 1.54) is 11.8 Å². The molecule has 0 fully saturated rings. The Bertz CT molecular complexity index is 1600. The molecular formula is C25H21N5O3S. The zero-order chi connectivity index (χ0) is 23.1. The Morgan fingerprint density at radius 2 is 2.00 bits per heavy atom. The van der Waals surface area contributed by atoms with E-state index in [-0.39, 0.29) is 17.1 Å². The van der Waals surface area contributed by atoms with Gasteiger partial charge < -0.3 is 9.40 Å². The zero-order valence-corrected chi connectivity index (χ0v) is 19.1. The lowest BCUT2D eigenvalue weighted by atomic mass is 10.1. The molecule has 9 heteroatoms. The number of carbonyl (C=O) groups excluding carboxylic acids is 1. The average molecular weight is 472 g/mol. The number of ketones is 1. The molecule has 2 aromatic carbocycles. The molecule has 4 heterocycles. The second-order valence-electron chi connectivity index (χ2n) is 8.36.